The van der Waals surface area contributed by atoms with Crippen LogP contribution in [-0.4, -0.2) is 23.8 Å². The van der Waals surface area contributed by atoms with E-state index >= 15 is 0 Å². The highest BCUT2D eigenvalue weighted by Gasteiger charge is 2.22. The molecule has 1 atom stereocenters. The molecule has 3 aromatic rings. The zero-order chi connectivity index (χ0) is 21.3. The molecule has 0 bridgehead atoms. The summed E-state index contributed by atoms with van der Waals surface area (Å²) in [5, 5.41) is 13.9. The molecule has 162 valence electrons. The van der Waals surface area contributed by atoms with Crippen molar-refractivity contribution in [3.8, 4) is 5.75 Å². The van der Waals surface area contributed by atoms with Gasteiger partial charge in [0.25, 0.3) is 0 Å². The van der Waals surface area contributed by atoms with Crippen LogP contribution in [0.4, 0.5) is 0 Å². The van der Waals surface area contributed by atoms with Crippen LogP contribution in [0.15, 0.2) is 84.9 Å². The third kappa shape index (κ3) is 6.68. The maximum absolute atomic E-state index is 10.3. The van der Waals surface area contributed by atoms with Crippen LogP contribution in [0, 0.1) is 0 Å². The van der Waals surface area contributed by atoms with Crippen molar-refractivity contribution in [3.63, 3.8) is 0 Å². The standard InChI is InChI=1S/C28H33NO2/c30-27(19-22-7-3-1-4-8-22)20-29-26-15-11-24(12-16-26)25-13-17-28(18-14-25)31-21-23-9-5-2-6-10-23/h1-10,13-14,17-18,24,26-27,29-30H,11-12,15-16,19-21H2/t24-,26-,27?. The Labute approximate surface area is 186 Å². The van der Waals surface area contributed by atoms with E-state index in [0.717, 1.165) is 18.6 Å². The van der Waals surface area contributed by atoms with Gasteiger partial charge in [-0.2, -0.15) is 0 Å². The van der Waals surface area contributed by atoms with Crippen molar-refractivity contribution >= 4 is 0 Å². The highest BCUT2D eigenvalue weighted by atomic mass is 16.5. The molecule has 2 N–H and O–H groups in total. The first-order chi connectivity index (χ1) is 15.3. The predicted octanol–water partition coefficient (Wildman–Crippen LogP) is 5.49. The third-order valence-electron chi connectivity index (χ3n) is 6.28. The first kappa shape index (κ1) is 21.6. The van der Waals surface area contributed by atoms with E-state index in [1.165, 1.54) is 29.5 Å². The molecule has 3 aromatic carbocycles. The van der Waals surface area contributed by atoms with Crippen molar-refractivity contribution in [1.82, 2.24) is 5.32 Å². The lowest BCUT2D eigenvalue weighted by Gasteiger charge is -2.30. The molecule has 3 heteroatoms. The molecule has 0 saturated heterocycles. The molecule has 4 rings (SSSR count). The maximum Gasteiger partial charge on any atom is 0.119 e. The van der Waals surface area contributed by atoms with Crippen molar-refractivity contribution in [2.24, 2.45) is 0 Å². The predicted molar refractivity (Wildman–Crippen MR) is 126 cm³/mol. The van der Waals surface area contributed by atoms with Crippen molar-refractivity contribution in [1.29, 1.82) is 0 Å². The second-order valence-electron chi connectivity index (χ2n) is 8.64. The summed E-state index contributed by atoms with van der Waals surface area (Å²) < 4.78 is 5.91. The largest absolute Gasteiger partial charge is 0.489 e. The van der Waals surface area contributed by atoms with Gasteiger partial charge in [0.1, 0.15) is 12.4 Å². The van der Waals surface area contributed by atoms with Crippen LogP contribution in [0.2, 0.25) is 0 Å². The van der Waals surface area contributed by atoms with E-state index < -0.39 is 0 Å². The Balaban J connectivity index is 1.18. The second kappa shape index (κ2) is 11.1. The molecule has 1 unspecified atom stereocenters. The van der Waals surface area contributed by atoms with E-state index in [1.54, 1.807) is 0 Å². The number of aliphatic hydroxyl groups excluding tert-OH is 1. The first-order valence-corrected chi connectivity index (χ1v) is 11.5. The summed E-state index contributed by atoms with van der Waals surface area (Å²) in [6.07, 6.45) is 5.09. The molecule has 0 radical (unpaired) electrons. The van der Waals surface area contributed by atoms with Crippen molar-refractivity contribution in [2.75, 3.05) is 6.54 Å². The average Bonchev–Trinajstić information content (AvgIpc) is 2.83. The molecule has 0 aliphatic heterocycles. The van der Waals surface area contributed by atoms with Gasteiger partial charge in [0.05, 0.1) is 6.10 Å². The second-order valence-corrected chi connectivity index (χ2v) is 8.64. The summed E-state index contributed by atoms with van der Waals surface area (Å²) in [7, 11) is 0. The molecule has 0 heterocycles. The van der Waals surface area contributed by atoms with Crippen LogP contribution in [0.5, 0.6) is 5.75 Å². The van der Waals surface area contributed by atoms with E-state index in [0.29, 0.717) is 31.5 Å². The van der Waals surface area contributed by atoms with E-state index in [9.17, 15) is 5.11 Å². The van der Waals surface area contributed by atoms with Crippen LogP contribution in [0.1, 0.15) is 48.3 Å². The Morgan fingerprint density at radius 2 is 1.39 bits per heavy atom. The summed E-state index contributed by atoms with van der Waals surface area (Å²) in [6, 6.07) is 29.6. The van der Waals surface area contributed by atoms with Gasteiger partial charge >= 0.3 is 0 Å². The molecule has 1 fully saturated rings. The third-order valence-corrected chi connectivity index (χ3v) is 6.28. The lowest BCUT2D eigenvalue weighted by Crippen LogP contribution is -2.38. The van der Waals surface area contributed by atoms with Crippen LogP contribution in [0.3, 0.4) is 0 Å². The van der Waals surface area contributed by atoms with Gasteiger partial charge in [0.15, 0.2) is 0 Å². The molecule has 0 aromatic heterocycles. The lowest BCUT2D eigenvalue weighted by molar-refractivity contribution is 0.162. The molecular weight excluding hydrogens is 382 g/mol. The van der Waals surface area contributed by atoms with Gasteiger partial charge < -0.3 is 15.2 Å². The van der Waals surface area contributed by atoms with Crippen molar-refractivity contribution in [2.45, 2.75) is 56.8 Å². The maximum atomic E-state index is 10.3. The highest BCUT2D eigenvalue weighted by Crippen LogP contribution is 2.33. The van der Waals surface area contributed by atoms with E-state index in [2.05, 4.69) is 53.8 Å². The highest BCUT2D eigenvalue weighted by molar-refractivity contribution is 5.30. The summed E-state index contributed by atoms with van der Waals surface area (Å²) in [6.45, 7) is 1.27. The van der Waals surface area contributed by atoms with Gasteiger partial charge in [-0.25, -0.2) is 0 Å². The Morgan fingerprint density at radius 1 is 0.774 bits per heavy atom. The van der Waals surface area contributed by atoms with Crippen molar-refractivity contribution < 1.29 is 9.84 Å². The topological polar surface area (TPSA) is 41.5 Å². The van der Waals surface area contributed by atoms with Crippen LogP contribution >= 0.6 is 0 Å². The SMILES string of the molecule is OC(CN[C@H]1CC[C@H](c2ccc(OCc3ccccc3)cc2)CC1)Cc1ccccc1. The summed E-state index contributed by atoms with van der Waals surface area (Å²) in [5.74, 6) is 1.55. The fourth-order valence-corrected chi connectivity index (χ4v) is 4.47. The number of rotatable bonds is 9. The molecule has 0 amide bonds. The zero-order valence-electron chi connectivity index (χ0n) is 18.1. The Morgan fingerprint density at radius 3 is 2.03 bits per heavy atom. The number of benzene rings is 3. The minimum absolute atomic E-state index is 0.330. The minimum Gasteiger partial charge on any atom is -0.489 e. The van der Waals surface area contributed by atoms with Gasteiger partial charge in [0.2, 0.25) is 0 Å². The Kier molecular flexibility index (Phi) is 7.76. The number of nitrogens with one attached hydrogen (secondary N) is 1. The van der Waals surface area contributed by atoms with Gasteiger partial charge in [-0.1, -0.05) is 72.8 Å². The first-order valence-electron chi connectivity index (χ1n) is 11.5. The van der Waals surface area contributed by atoms with E-state index in [4.69, 9.17) is 4.74 Å². The normalized spacial score (nSPS) is 19.6. The molecule has 31 heavy (non-hydrogen) atoms. The number of ether oxygens (including phenoxy) is 1. The Hall–Kier alpha value is -2.62. The van der Waals surface area contributed by atoms with Gasteiger partial charge in [-0.3, -0.25) is 0 Å². The van der Waals surface area contributed by atoms with E-state index in [1.807, 2.05) is 36.4 Å². The number of hydrogen-bond acceptors (Lipinski definition) is 3. The summed E-state index contributed by atoms with van der Waals surface area (Å²) in [4.78, 5) is 0. The Bertz CT molecular complexity index is 887. The smallest absolute Gasteiger partial charge is 0.119 e. The molecular formula is C28H33NO2. The van der Waals surface area contributed by atoms with Crippen LogP contribution in [0.25, 0.3) is 0 Å². The molecule has 1 saturated carbocycles. The van der Waals surface area contributed by atoms with Gasteiger partial charge in [0, 0.05) is 12.6 Å². The monoisotopic (exact) mass is 415 g/mol. The fourth-order valence-electron chi connectivity index (χ4n) is 4.47. The minimum atomic E-state index is -0.330. The average molecular weight is 416 g/mol. The van der Waals surface area contributed by atoms with Crippen molar-refractivity contribution in [3.05, 3.63) is 102 Å². The summed E-state index contributed by atoms with van der Waals surface area (Å²) >= 11 is 0. The number of hydrogen-bond donors (Lipinski definition) is 2. The summed E-state index contributed by atoms with van der Waals surface area (Å²) in [5.41, 5.74) is 3.79. The zero-order valence-corrected chi connectivity index (χ0v) is 18.1. The molecule has 0 spiro atoms. The van der Waals surface area contributed by atoms with E-state index in [-0.39, 0.29) is 6.10 Å². The van der Waals surface area contributed by atoms with Crippen LogP contribution < -0.4 is 10.1 Å². The molecule has 1 aliphatic rings. The fraction of sp³-hybridized carbons (Fsp3) is 0.357. The quantitative estimate of drug-likeness (QED) is 0.486. The molecule has 1 aliphatic carbocycles. The number of aliphatic hydroxyl groups is 1. The van der Waals surface area contributed by atoms with Gasteiger partial charge in [-0.15, -0.1) is 0 Å². The molecule has 3 nitrogen and oxygen atoms in total. The lowest BCUT2D eigenvalue weighted by atomic mass is 9.81. The van der Waals surface area contributed by atoms with Gasteiger partial charge in [-0.05, 0) is 66.8 Å². The van der Waals surface area contributed by atoms with Crippen LogP contribution in [-0.2, 0) is 13.0 Å².